The number of rotatable bonds is 5. The second kappa shape index (κ2) is 6.90. The van der Waals surface area contributed by atoms with Crippen molar-refractivity contribution in [1.29, 1.82) is 5.26 Å². The summed E-state index contributed by atoms with van der Waals surface area (Å²) in [6, 6.07) is 15.8. The van der Waals surface area contributed by atoms with E-state index < -0.39 is 0 Å². The lowest BCUT2D eigenvalue weighted by Gasteiger charge is -2.24. The van der Waals surface area contributed by atoms with E-state index in [1.54, 1.807) is 4.90 Å². The fourth-order valence-corrected chi connectivity index (χ4v) is 2.48. The zero-order valence-corrected chi connectivity index (χ0v) is 12.5. The van der Waals surface area contributed by atoms with Crippen LogP contribution in [0.1, 0.15) is 30.6 Å². The number of benzene rings is 2. The van der Waals surface area contributed by atoms with Gasteiger partial charge in [-0.2, -0.15) is 5.26 Å². The second-order valence-electron chi connectivity index (χ2n) is 5.58. The summed E-state index contributed by atoms with van der Waals surface area (Å²) >= 11 is 0. The first-order valence-electron chi connectivity index (χ1n) is 7.27. The van der Waals surface area contributed by atoms with Gasteiger partial charge >= 0.3 is 0 Å². The molecule has 0 fully saturated rings. The smallest absolute Gasteiger partial charge is 0.254 e. The highest BCUT2D eigenvalue weighted by atomic mass is 16.2. The van der Waals surface area contributed by atoms with Crippen molar-refractivity contribution in [2.45, 2.75) is 20.3 Å². The largest absolute Gasteiger partial charge is 0.337 e. The monoisotopic (exact) mass is 280 g/mol. The lowest BCUT2D eigenvalue weighted by Crippen LogP contribution is -2.35. The minimum Gasteiger partial charge on any atom is -0.337 e. The molecule has 0 aliphatic rings. The summed E-state index contributed by atoms with van der Waals surface area (Å²) in [5, 5.41) is 10.8. The molecule has 3 heteroatoms. The number of fused-ring (bicyclic) bond motifs is 1. The van der Waals surface area contributed by atoms with E-state index >= 15 is 0 Å². The number of carbonyl (C=O) groups excluding carboxylic acids is 1. The number of nitrogens with zero attached hydrogens (tertiary/aromatic N) is 2. The van der Waals surface area contributed by atoms with E-state index in [1.807, 2.05) is 42.5 Å². The molecule has 0 radical (unpaired) electrons. The first kappa shape index (κ1) is 15.1. The third kappa shape index (κ3) is 3.61. The maximum atomic E-state index is 12.8. The molecule has 21 heavy (non-hydrogen) atoms. The van der Waals surface area contributed by atoms with Gasteiger partial charge in [0.25, 0.3) is 5.91 Å². The summed E-state index contributed by atoms with van der Waals surface area (Å²) in [6.45, 7) is 5.31. The minimum absolute atomic E-state index is 0.00995. The predicted molar refractivity (Wildman–Crippen MR) is 84.9 cm³/mol. The molecule has 0 unspecified atom stereocenters. The fraction of sp³-hybridized carbons (Fsp3) is 0.333. The SMILES string of the molecule is CC(C)CN(CCC#N)C(=O)c1cccc2ccccc12. The van der Waals surface area contributed by atoms with Gasteiger partial charge in [0, 0.05) is 18.7 Å². The Bertz CT molecular complexity index is 665. The Morgan fingerprint density at radius 2 is 1.90 bits per heavy atom. The lowest BCUT2D eigenvalue weighted by molar-refractivity contribution is 0.0742. The van der Waals surface area contributed by atoms with Crippen LogP contribution in [0.2, 0.25) is 0 Å². The molecule has 3 nitrogen and oxygen atoms in total. The highest BCUT2D eigenvalue weighted by Gasteiger charge is 2.18. The van der Waals surface area contributed by atoms with Gasteiger partial charge in [-0.05, 0) is 22.8 Å². The normalized spacial score (nSPS) is 10.6. The molecule has 0 aromatic heterocycles. The van der Waals surface area contributed by atoms with Gasteiger partial charge in [-0.15, -0.1) is 0 Å². The standard InChI is InChI=1S/C18H20N2O/c1-14(2)13-20(12-6-11-19)18(21)17-10-5-8-15-7-3-4-9-16(15)17/h3-5,7-10,14H,6,12-13H2,1-2H3. The van der Waals surface area contributed by atoms with Gasteiger partial charge in [-0.25, -0.2) is 0 Å². The van der Waals surface area contributed by atoms with E-state index in [-0.39, 0.29) is 5.91 Å². The van der Waals surface area contributed by atoms with Gasteiger partial charge in [-0.3, -0.25) is 4.79 Å². The Morgan fingerprint density at radius 1 is 1.19 bits per heavy atom. The first-order chi connectivity index (χ1) is 10.1. The van der Waals surface area contributed by atoms with E-state index in [4.69, 9.17) is 5.26 Å². The molecule has 0 spiro atoms. The Hall–Kier alpha value is -2.34. The van der Waals surface area contributed by atoms with Crippen LogP contribution in [0.15, 0.2) is 42.5 Å². The van der Waals surface area contributed by atoms with Gasteiger partial charge in [0.2, 0.25) is 0 Å². The van der Waals surface area contributed by atoms with Crippen molar-refractivity contribution in [1.82, 2.24) is 4.90 Å². The average molecular weight is 280 g/mol. The van der Waals surface area contributed by atoms with Crippen molar-refractivity contribution < 1.29 is 4.79 Å². The molecule has 0 heterocycles. The molecule has 2 aromatic carbocycles. The van der Waals surface area contributed by atoms with E-state index in [0.29, 0.717) is 31.0 Å². The van der Waals surface area contributed by atoms with Crippen LogP contribution in [0, 0.1) is 17.2 Å². The fourth-order valence-electron chi connectivity index (χ4n) is 2.48. The maximum Gasteiger partial charge on any atom is 0.254 e. The van der Waals surface area contributed by atoms with Crippen LogP contribution in [0.3, 0.4) is 0 Å². The minimum atomic E-state index is 0.00995. The molecule has 0 N–H and O–H groups in total. The molecule has 2 aromatic rings. The molecule has 0 aliphatic carbocycles. The van der Waals surface area contributed by atoms with Crippen molar-refractivity contribution in [3.63, 3.8) is 0 Å². The Kier molecular flexibility index (Phi) is 4.94. The number of amides is 1. The summed E-state index contributed by atoms with van der Waals surface area (Å²) in [5.41, 5.74) is 0.715. The third-order valence-corrected chi connectivity index (χ3v) is 3.39. The Balaban J connectivity index is 2.36. The number of hydrogen-bond acceptors (Lipinski definition) is 2. The summed E-state index contributed by atoms with van der Waals surface area (Å²) in [7, 11) is 0. The quantitative estimate of drug-likeness (QED) is 0.835. The van der Waals surface area contributed by atoms with E-state index in [9.17, 15) is 4.79 Å². The van der Waals surface area contributed by atoms with Crippen molar-refractivity contribution in [2.24, 2.45) is 5.92 Å². The third-order valence-electron chi connectivity index (χ3n) is 3.39. The molecule has 0 aliphatic heterocycles. The second-order valence-corrected chi connectivity index (χ2v) is 5.58. The molecule has 2 rings (SSSR count). The van der Waals surface area contributed by atoms with Gasteiger partial charge in [-0.1, -0.05) is 50.2 Å². The predicted octanol–water partition coefficient (Wildman–Crippen LogP) is 3.85. The van der Waals surface area contributed by atoms with E-state index in [0.717, 1.165) is 10.8 Å². The van der Waals surface area contributed by atoms with E-state index in [2.05, 4.69) is 19.9 Å². The number of carbonyl (C=O) groups is 1. The van der Waals surface area contributed by atoms with Crippen LogP contribution < -0.4 is 0 Å². The topological polar surface area (TPSA) is 44.1 Å². The van der Waals surface area contributed by atoms with Crippen LogP contribution in [0.25, 0.3) is 10.8 Å². The van der Waals surface area contributed by atoms with Crippen molar-refractivity contribution in [3.8, 4) is 6.07 Å². The molecule has 0 bridgehead atoms. The van der Waals surface area contributed by atoms with Crippen molar-refractivity contribution in [2.75, 3.05) is 13.1 Å². The van der Waals surface area contributed by atoms with Crippen LogP contribution in [-0.2, 0) is 0 Å². The summed E-state index contributed by atoms with van der Waals surface area (Å²) < 4.78 is 0. The molecule has 0 saturated carbocycles. The molecule has 0 atom stereocenters. The Morgan fingerprint density at radius 3 is 2.62 bits per heavy atom. The van der Waals surface area contributed by atoms with Crippen LogP contribution in [0.5, 0.6) is 0 Å². The van der Waals surface area contributed by atoms with Gasteiger partial charge in [0.15, 0.2) is 0 Å². The highest BCUT2D eigenvalue weighted by Crippen LogP contribution is 2.20. The first-order valence-corrected chi connectivity index (χ1v) is 7.27. The van der Waals surface area contributed by atoms with E-state index in [1.165, 1.54) is 0 Å². The number of nitriles is 1. The van der Waals surface area contributed by atoms with Crippen molar-refractivity contribution in [3.05, 3.63) is 48.0 Å². The molecular weight excluding hydrogens is 260 g/mol. The van der Waals surface area contributed by atoms with Gasteiger partial charge < -0.3 is 4.90 Å². The van der Waals surface area contributed by atoms with Crippen LogP contribution in [0.4, 0.5) is 0 Å². The van der Waals surface area contributed by atoms with Crippen LogP contribution in [-0.4, -0.2) is 23.9 Å². The molecular formula is C18H20N2O. The summed E-state index contributed by atoms with van der Waals surface area (Å²) in [4.78, 5) is 14.6. The van der Waals surface area contributed by atoms with Gasteiger partial charge in [0.05, 0.1) is 12.5 Å². The highest BCUT2D eigenvalue weighted by molar-refractivity contribution is 6.07. The maximum absolute atomic E-state index is 12.8. The number of hydrogen-bond donors (Lipinski definition) is 0. The zero-order chi connectivity index (χ0) is 15.2. The van der Waals surface area contributed by atoms with Crippen LogP contribution >= 0.6 is 0 Å². The molecule has 1 amide bonds. The van der Waals surface area contributed by atoms with Crippen molar-refractivity contribution >= 4 is 16.7 Å². The summed E-state index contributed by atoms with van der Waals surface area (Å²) in [5.74, 6) is 0.387. The summed E-state index contributed by atoms with van der Waals surface area (Å²) in [6.07, 6.45) is 0.364. The van der Waals surface area contributed by atoms with Gasteiger partial charge in [0.1, 0.15) is 0 Å². The lowest BCUT2D eigenvalue weighted by atomic mass is 10.0. The average Bonchev–Trinajstić information content (AvgIpc) is 2.50. The molecule has 0 saturated heterocycles. The molecule has 108 valence electrons. The Labute approximate surface area is 125 Å². The zero-order valence-electron chi connectivity index (χ0n) is 12.5.